The maximum absolute atomic E-state index is 8.75. The first-order chi connectivity index (χ1) is 9.65. The molecule has 110 valence electrons. The molecule has 1 aromatic rings. The minimum atomic E-state index is 0.112. The Morgan fingerprint density at radius 1 is 1.55 bits per heavy atom. The summed E-state index contributed by atoms with van der Waals surface area (Å²) in [4.78, 5) is 0. The molecular weight excluding hydrogens is 254 g/mol. The molecule has 20 heavy (non-hydrogen) atoms. The van der Waals surface area contributed by atoms with Gasteiger partial charge < -0.3 is 21.0 Å². The number of oxime groups is 1. The third kappa shape index (κ3) is 3.22. The smallest absolute Gasteiger partial charge is 0.170 e. The van der Waals surface area contributed by atoms with Crippen LogP contribution < -0.4 is 15.8 Å². The lowest BCUT2D eigenvalue weighted by Gasteiger charge is -2.32. The summed E-state index contributed by atoms with van der Waals surface area (Å²) in [6.07, 6.45) is 3.98. The number of nitrogens with zero attached hydrogens (tertiary/aromatic N) is 1. The number of hydrogen-bond donors (Lipinski definition) is 3. The van der Waals surface area contributed by atoms with Crippen molar-refractivity contribution in [2.24, 2.45) is 16.8 Å². The molecule has 0 aromatic heterocycles. The summed E-state index contributed by atoms with van der Waals surface area (Å²) >= 11 is 0. The predicted octanol–water partition coefficient (Wildman–Crippen LogP) is 2.07. The molecule has 1 aromatic carbocycles. The SMILES string of the molecule is COc1ccc(/C(N)=N/O)cc1CNC(C)C1CCC1. The molecule has 0 amide bonds. The van der Waals surface area contributed by atoms with Crippen molar-refractivity contribution >= 4 is 5.84 Å². The fraction of sp³-hybridized carbons (Fsp3) is 0.533. The molecule has 1 aliphatic carbocycles. The minimum absolute atomic E-state index is 0.112. The summed E-state index contributed by atoms with van der Waals surface area (Å²) in [5.74, 6) is 1.71. The number of nitrogens with two attached hydrogens (primary N) is 1. The molecular formula is C15H23N3O2. The van der Waals surface area contributed by atoms with Crippen LogP contribution in [0.25, 0.3) is 0 Å². The van der Waals surface area contributed by atoms with Crippen LogP contribution in [0.5, 0.6) is 5.75 Å². The molecule has 4 N–H and O–H groups in total. The van der Waals surface area contributed by atoms with E-state index in [1.54, 1.807) is 13.2 Å². The van der Waals surface area contributed by atoms with E-state index in [9.17, 15) is 0 Å². The van der Waals surface area contributed by atoms with Gasteiger partial charge in [-0.05, 0) is 43.9 Å². The van der Waals surface area contributed by atoms with E-state index in [-0.39, 0.29) is 5.84 Å². The van der Waals surface area contributed by atoms with Crippen molar-refractivity contribution in [3.8, 4) is 5.75 Å². The van der Waals surface area contributed by atoms with Crippen molar-refractivity contribution in [3.05, 3.63) is 29.3 Å². The fourth-order valence-electron chi connectivity index (χ4n) is 2.51. The Hall–Kier alpha value is -1.75. The van der Waals surface area contributed by atoms with E-state index in [2.05, 4.69) is 17.4 Å². The number of methoxy groups -OCH3 is 1. The third-order valence-electron chi connectivity index (χ3n) is 4.16. The summed E-state index contributed by atoms with van der Waals surface area (Å²) in [7, 11) is 1.65. The zero-order valence-electron chi connectivity index (χ0n) is 12.1. The van der Waals surface area contributed by atoms with E-state index in [0.717, 1.165) is 17.2 Å². The molecule has 5 nitrogen and oxygen atoms in total. The van der Waals surface area contributed by atoms with E-state index in [0.29, 0.717) is 18.2 Å². The van der Waals surface area contributed by atoms with Gasteiger partial charge in [0.15, 0.2) is 5.84 Å². The summed E-state index contributed by atoms with van der Waals surface area (Å²) in [5.41, 5.74) is 7.34. The summed E-state index contributed by atoms with van der Waals surface area (Å²) in [5, 5.41) is 15.3. The van der Waals surface area contributed by atoms with Gasteiger partial charge in [0.1, 0.15) is 5.75 Å². The lowest BCUT2D eigenvalue weighted by molar-refractivity contribution is 0.239. The lowest BCUT2D eigenvalue weighted by Crippen LogP contribution is -2.36. The standard InChI is InChI=1S/C15H23N3O2/c1-10(11-4-3-5-11)17-9-13-8-12(15(16)18-19)6-7-14(13)20-2/h6-8,10-11,17,19H,3-5,9H2,1-2H3,(H2,16,18). The first-order valence-electron chi connectivity index (χ1n) is 7.04. The van der Waals surface area contributed by atoms with Crippen molar-refractivity contribution in [3.63, 3.8) is 0 Å². The first kappa shape index (κ1) is 14.7. The fourth-order valence-corrected chi connectivity index (χ4v) is 2.51. The maximum atomic E-state index is 8.75. The van der Waals surface area contributed by atoms with Gasteiger partial charge >= 0.3 is 0 Å². The number of nitrogens with one attached hydrogen (secondary N) is 1. The molecule has 1 saturated carbocycles. The third-order valence-corrected chi connectivity index (χ3v) is 4.16. The van der Waals surface area contributed by atoms with E-state index < -0.39 is 0 Å². The van der Waals surface area contributed by atoms with Crippen molar-refractivity contribution in [1.82, 2.24) is 5.32 Å². The van der Waals surface area contributed by atoms with Crippen LogP contribution in [-0.2, 0) is 6.54 Å². The molecule has 1 unspecified atom stereocenters. The number of hydrogen-bond acceptors (Lipinski definition) is 4. The van der Waals surface area contributed by atoms with Gasteiger partial charge in [-0.25, -0.2) is 0 Å². The zero-order valence-corrected chi connectivity index (χ0v) is 12.1. The second-order valence-corrected chi connectivity index (χ2v) is 5.37. The number of benzene rings is 1. The Bertz CT molecular complexity index is 484. The van der Waals surface area contributed by atoms with E-state index >= 15 is 0 Å². The maximum Gasteiger partial charge on any atom is 0.170 e. The summed E-state index contributed by atoms with van der Waals surface area (Å²) in [6.45, 7) is 2.94. The Balaban J connectivity index is 2.07. The van der Waals surface area contributed by atoms with Crippen LogP contribution in [0, 0.1) is 5.92 Å². The Kier molecular flexibility index (Phi) is 4.84. The van der Waals surface area contributed by atoms with Crippen LogP contribution in [0.15, 0.2) is 23.4 Å². The Labute approximate surface area is 119 Å². The van der Waals surface area contributed by atoms with Crippen LogP contribution in [0.3, 0.4) is 0 Å². The van der Waals surface area contributed by atoms with Gasteiger partial charge in [-0.1, -0.05) is 11.6 Å². The Morgan fingerprint density at radius 2 is 2.30 bits per heavy atom. The van der Waals surface area contributed by atoms with E-state index in [4.69, 9.17) is 15.7 Å². The Morgan fingerprint density at radius 3 is 2.85 bits per heavy atom. The average Bonchev–Trinajstić information content (AvgIpc) is 2.42. The molecule has 1 aliphatic rings. The average molecular weight is 277 g/mol. The second kappa shape index (κ2) is 6.61. The molecule has 0 heterocycles. The number of ether oxygens (including phenoxy) is 1. The molecule has 0 aliphatic heterocycles. The zero-order chi connectivity index (χ0) is 14.5. The predicted molar refractivity (Wildman–Crippen MR) is 79.1 cm³/mol. The number of amidine groups is 1. The molecule has 5 heteroatoms. The van der Waals surface area contributed by atoms with Gasteiger partial charge in [-0.15, -0.1) is 0 Å². The van der Waals surface area contributed by atoms with Crippen molar-refractivity contribution in [2.75, 3.05) is 7.11 Å². The van der Waals surface area contributed by atoms with E-state index in [1.165, 1.54) is 19.3 Å². The van der Waals surface area contributed by atoms with Gasteiger partial charge in [-0.2, -0.15) is 0 Å². The molecule has 0 bridgehead atoms. The highest BCUT2D eigenvalue weighted by Crippen LogP contribution is 2.29. The van der Waals surface area contributed by atoms with Crippen LogP contribution >= 0.6 is 0 Å². The van der Waals surface area contributed by atoms with Crippen molar-refractivity contribution < 1.29 is 9.94 Å². The topological polar surface area (TPSA) is 79.9 Å². The summed E-state index contributed by atoms with van der Waals surface area (Å²) < 4.78 is 5.36. The van der Waals surface area contributed by atoms with Crippen molar-refractivity contribution in [1.29, 1.82) is 0 Å². The molecule has 1 atom stereocenters. The highest BCUT2D eigenvalue weighted by Gasteiger charge is 2.23. The minimum Gasteiger partial charge on any atom is -0.496 e. The quantitative estimate of drug-likeness (QED) is 0.322. The van der Waals surface area contributed by atoms with Gasteiger partial charge in [0, 0.05) is 23.7 Å². The second-order valence-electron chi connectivity index (χ2n) is 5.37. The van der Waals surface area contributed by atoms with Gasteiger partial charge in [0.25, 0.3) is 0 Å². The van der Waals surface area contributed by atoms with Crippen LogP contribution in [0.4, 0.5) is 0 Å². The number of rotatable bonds is 6. The van der Waals surface area contributed by atoms with E-state index in [1.807, 2.05) is 12.1 Å². The highest BCUT2D eigenvalue weighted by atomic mass is 16.5. The van der Waals surface area contributed by atoms with Crippen LogP contribution in [0.2, 0.25) is 0 Å². The molecule has 0 radical (unpaired) electrons. The highest BCUT2D eigenvalue weighted by molar-refractivity contribution is 5.97. The molecule has 2 rings (SSSR count). The molecule has 0 saturated heterocycles. The normalized spacial score (nSPS) is 17.6. The van der Waals surface area contributed by atoms with Crippen molar-refractivity contribution in [2.45, 2.75) is 38.8 Å². The lowest BCUT2D eigenvalue weighted by atomic mass is 9.80. The van der Waals surface area contributed by atoms with Crippen LogP contribution in [-0.4, -0.2) is 24.2 Å². The van der Waals surface area contributed by atoms with Crippen LogP contribution in [0.1, 0.15) is 37.3 Å². The largest absolute Gasteiger partial charge is 0.496 e. The van der Waals surface area contributed by atoms with Gasteiger partial charge in [0.05, 0.1) is 7.11 Å². The molecule has 0 spiro atoms. The van der Waals surface area contributed by atoms with Gasteiger partial charge in [0.2, 0.25) is 0 Å². The summed E-state index contributed by atoms with van der Waals surface area (Å²) in [6, 6.07) is 6.03. The first-order valence-corrected chi connectivity index (χ1v) is 7.04. The monoisotopic (exact) mass is 277 g/mol. The molecule has 1 fully saturated rings. The van der Waals surface area contributed by atoms with Gasteiger partial charge in [-0.3, -0.25) is 0 Å².